The standard InChI is InChI=1S/C20H24N5O2/c1-6-14-8-10-15(11-9-14)24-12(3)13(4)25-16-17(21-19(24)25)22(5)20(27)23(7-2)18(16)26/h8-11,16H,6-7H2,1-5H3/q+1. The van der Waals surface area contributed by atoms with Crippen LogP contribution in [0, 0.1) is 13.8 Å². The fourth-order valence-electron chi connectivity index (χ4n) is 3.92. The zero-order valence-electron chi connectivity index (χ0n) is 16.4. The smallest absolute Gasteiger partial charge is 0.270 e. The van der Waals surface area contributed by atoms with Crippen LogP contribution in [0.3, 0.4) is 0 Å². The van der Waals surface area contributed by atoms with Gasteiger partial charge in [-0.15, -0.1) is 0 Å². The van der Waals surface area contributed by atoms with E-state index in [0.717, 1.165) is 23.5 Å². The SMILES string of the molecule is CCc1ccc(-n2c(C)c(C)[n+]3c2N=C2C3C(=O)N(CC)C(=O)N2C)cc1. The number of likely N-dealkylation sites (N-methyl/N-ethyl adjacent to an activating group) is 2. The number of hydrogen-bond acceptors (Lipinski definition) is 3. The van der Waals surface area contributed by atoms with Crippen LogP contribution in [0.15, 0.2) is 29.3 Å². The van der Waals surface area contributed by atoms with E-state index >= 15 is 0 Å². The molecule has 4 rings (SSSR count). The molecule has 0 saturated carbocycles. The lowest BCUT2D eigenvalue weighted by atomic mass is 10.1. The van der Waals surface area contributed by atoms with Crippen LogP contribution in [0.25, 0.3) is 5.69 Å². The van der Waals surface area contributed by atoms with Crippen LogP contribution >= 0.6 is 0 Å². The van der Waals surface area contributed by atoms with Gasteiger partial charge in [-0.2, -0.15) is 4.57 Å². The number of hydrogen-bond donors (Lipinski definition) is 0. The van der Waals surface area contributed by atoms with E-state index in [-0.39, 0.29) is 11.9 Å². The summed E-state index contributed by atoms with van der Waals surface area (Å²) in [7, 11) is 1.68. The number of benzene rings is 1. The average molecular weight is 366 g/mol. The van der Waals surface area contributed by atoms with Crippen LogP contribution in [-0.2, 0) is 11.2 Å². The van der Waals surface area contributed by atoms with E-state index in [4.69, 9.17) is 4.99 Å². The number of rotatable bonds is 3. The van der Waals surface area contributed by atoms with E-state index in [2.05, 4.69) is 35.8 Å². The first kappa shape index (κ1) is 17.5. The minimum atomic E-state index is -0.586. The number of carbonyl (C=O) groups excluding carboxylic acids is 2. The molecule has 0 aliphatic carbocycles. The van der Waals surface area contributed by atoms with E-state index in [0.29, 0.717) is 18.3 Å². The molecule has 1 unspecified atom stereocenters. The lowest BCUT2D eigenvalue weighted by Gasteiger charge is -2.32. The van der Waals surface area contributed by atoms with E-state index in [9.17, 15) is 9.59 Å². The zero-order valence-corrected chi connectivity index (χ0v) is 16.4. The quantitative estimate of drug-likeness (QED) is 0.784. The molecular weight excluding hydrogens is 342 g/mol. The van der Waals surface area contributed by atoms with Crippen molar-refractivity contribution in [2.24, 2.45) is 4.99 Å². The molecule has 0 bridgehead atoms. The summed E-state index contributed by atoms with van der Waals surface area (Å²) in [6.07, 6.45) is 0.982. The van der Waals surface area contributed by atoms with Gasteiger partial charge in [0, 0.05) is 13.6 Å². The van der Waals surface area contributed by atoms with Crippen molar-refractivity contribution in [1.29, 1.82) is 0 Å². The van der Waals surface area contributed by atoms with E-state index in [1.165, 1.54) is 15.4 Å². The predicted molar refractivity (Wildman–Crippen MR) is 101 cm³/mol. The van der Waals surface area contributed by atoms with Crippen LogP contribution in [0.1, 0.15) is 36.8 Å². The Kier molecular flexibility index (Phi) is 3.91. The fourth-order valence-corrected chi connectivity index (χ4v) is 3.92. The van der Waals surface area contributed by atoms with Crippen molar-refractivity contribution < 1.29 is 14.2 Å². The number of amidine groups is 1. The fraction of sp³-hybridized carbons (Fsp3) is 0.400. The number of nitrogens with zero attached hydrogens (tertiary/aromatic N) is 5. The summed E-state index contributed by atoms with van der Waals surface area (Å²) in [4.78, 5) is 33.0. The minimum Gasteiger partial charge on any atom is -0.270 e. The minimum absolute atomic E-state index is 0.218. The number of aliphatic imine (C=N–C) groups is 1. The van der Waals surface area contributed by atoms with E-state index in [1.807, 2.05) is 25.3 Å². The van der Waals surface area contributed by atoms with Crippen molar-refractivity contribution in [2.75, 3.05) is 13.6 Å². The maximum Gasteiger partial charge on any atom is 0.407 e. The molecule has 1 atom stereocenters. The summed E-state index contributed by atoms with van der Waals surface area (Å²) in [5.74, 6) is 0.955. The topological polar surface area (TPSA) is 61.8 Å². The molecule has 1 saturated heterocycles. The molecule has 1 aromatic heterocycles. The number of imidazole rings is 1. The maximum atomic E-state index is 13.0. The van der Waals surface area contributed by atoms with Crippen LogP contribution in [-0.4, -0.2) is 45.7 Å². The molecule has 1 fully saturated rings. The average Bonchev–Trinajstić information content (AvgIpc) is 3.17. The van der Waals surface area contributed by atoms with Gasteiger partial charge in [0.05, 0.1) is 0 Å². The Bertz CT molecular complexity index is 987. The second kappa shape index (κ2) is 6.04. The Labute approximate surface area is 158 Å². The van der Waals surface area contributed by atoms with Gasteiger partial charge < -0.3 is 0 Å². The van der Waals surface area contributed by atoms with Gasteiger partial charge in [0.15, 0.2) is 0 Å². The third kappa shape index (κ3) is 2.27. The summed E-state index contributed by atoms with van der Waals surface area (Å²) >= 11 is 0. The second-order valence-corrected chi connectivity index (χ2v) is 6.99. The lowest BCUT2D eigenvalue weighted by molar-refractivity contribution is -0.682. The van der Waals surface area contributed by atoms with Gasteiger partial charge in [-0.1, -0.05) is 24.0 Å². The highest BCUT2D eigenvalue weighted by Crippen LogP contribution is 2.32. The third-order valence-corrected chi connectivity index (χ3v) is 5.63. The van der Waals surface area contributed by atoms with Crippen LogP contribution < -0.4 is 4.57 Å². The van der Waals surface area contributed by atoms with Gasteiger partial charge in [-0.3, -0.25) is 14.6 Å². The predicted octanol–water partition coefficient (Wildman–Crippen LogP) is 2.44. The molecule has 2 aliphatic rings. The highest BCUT2D eigenvalue weighted by molar-refractivity contribution is 6.19. The second-order valence-electron chi connectivity index (χ2n) is 6.99. The number of amides is 3. The van der Waals surface area contributed by atoms with Gasteiger partial charge in [-0.05, 0) is 44.9 Å². The number of aryl methyl sites for hydroxylation is 1. The molecular formula is C20H24N5O2+. The highest BCUT2D eigenvalue weighted by Gasteiger charge is 2.53. The lowest BCUT2D eigenvalue weighted by Crippen LogP contribution is -2.63. The normalized spacial score (nSPS) is 18.7. The molecule has 2 aromatic rings. The molecule has 7 nitrogen and oxygen atoms in total. The Morgan fingerprint density at radius 2 is 1.78 bits per heavy atom. The highest BCUT2D eigenvalue weighted by atomic mass is 16.2. The Morgan fingerprint density at radius 1 is 1.11 bits per heavy atom. The number of carbonyl (C=O) groups is 2. The molecule has 0 N–H and O–H groups in total. The molecule has 3 heterocycles. The van der Waals surface area contributed by atoms with Gasteiger partial charge in [-0.25, -0.2) is 9.36 Å². The van der Waals surface area contributed by atoms with E-state index < -0.39 is 6.04 Å². The Hall–Kier alpha value is -2.96. The largest absolute Gasteiger partial charge is 0.407 e. The number of urea groups is 1. The summed E-state index contributed by atoms with van der Waals surface area (Å²) in [6, 6.07) is 7.45. The summed E-state index contributed by atoms with van der Waals surface area (Å²) in [5, 5.41) is 0. The maximum absolute atomic E-state index is 13.0. The van der Waals surface area contributed by atoms with Crippen LogP contribution in [0.2, 0.25) is 0 Å². The number of imide groups is 1. The van der Waals surface area contributed by atoms with Gasteiger partial charge >= 0.3 is 12.0 Å². The van der Waals surface area contributed by atoms with Gasteiger partial charge in [0.25, 0.3) is 5.91 Å². The first-order valence-electron chi connectivity index (χ1n) is 9.31. The van der Waals surface area contributed by atoms with Crippen molar-refractivity contribution in [3.63, 3.8) is 0 Å². The molecule has 0 radical (unpaired) electrons. The first-order chi connectivity index (χ1) is 12.9. The molecule has 27 heavy (non-hydrogen) atoms. The van der Waals surface area contributed by atoms with Gasteiger partial charge in [0.2, 0.25) is 11.9 Å². The Morgan fingerprint density at radius 3 is 2.37 bits per heavy atom. The summed E-state index contributed by atoms with van der Waals surface area (Å²) < 4.78 is 4.01. The summed E-state index contributed by atoms with van der Waals surface area (Å²) in [6.45, 7) is 8.31. The first-order valence-corrected chi connectivity index (χ1v) is 9.31. The Balaban J connectivity index is 1.91. The third-order valence-electron chi connectivity index (χ3n) is 5.63. The number of aromatic nitrogens is 2. The number of fused-ring (bicyclic) bond motifs is 3. The molecule has 0 spiro atoms. The van der Waals surface area contributed by atoms with Crippen LogP contribution in [0.5, 0.6) is 0 Å². The van der Waals surface area contributed by atoms with Crippen molar-refractivity contribution >= 4 is 23.7 Å². The van der Waals surface area contributed by atoms with Crippen molar-refractivity contribution in [3.8, 4) is 5.69 Å². The monoisotopic (exact) mass is 366 g/mol. The van der Waals surface area contributed by atoms with Gasteiger partial charge in [0.1, 0.15) is 17.1 Å². The van der Waals surface area contributed by atoms with Crippen molar-refractivity contribution in [1.82, 2.24) is 14.4 Å². The molecule has 140 valence electrons. The van der Waals surface area contributed by atoms with Crippen LogP contribution in [0.4, 0.5) is 10.7 Å². The van der Waals surface area contributed by atoms with Crippen molar-refractivity contribution in [2.45, 2.75) is 40.2 Å². The molecule has 2 aliphatic heterocycles. The molecule has 3 amide bonds. The van der Waals surface area contributed by atoms with E-state index in [1.54, 1.807) is 7.05 Å². The van der Waals surface area contributed by atoms with Crippen molar-refractivity contribution in [3.05, 3.63) is 41.2 Å². The zero-order chi connectivity index (χ0) is 19.5. The molecule has 1 aromatic carbocycles. The summed E-state index contributed by atoms with van der Waals surface area (Å²) in [5.41, 5.74) is 4.27. The molecule has 7 heteroatoms.